The van der Waals surface area contributed by atoms with E-state index in [2.05, 4.69) is 0 Å². The Hall–Kier alpha value is -0.690. The van der Waals surface area contributed by atoms with Crippen LogP contribution in [0.5, 0.6) is 0 Å². The summed E-state index contributed by atoms with van der Waals surface area (Å²) in [6.45, 7) is 5.50. The van der Waals surface area contributed by atoms with Crippen molar-refractivity contribution in [1.29, 1.82) is 0 Å². The minimum Gasteiger partial charge on any atom is -0.455 e. The number of carbonyl (C=O) groups excluding carboxylic acids is 1. The fraction of sp³-hybridized carbons (Fsp3) is 0.933. The van der Waals surface area contributed by atoms with Crippen LogP contribution in [-0.4, -0.2) is 56.4 Å². The van der Waals surface area contributed by atoms with Crippen LogP contribution in [0.25, 0.3) is 0 Å². The van der Waals surface area contributed by atoms with Crippen LogP contribution in [0.4, 0.5) is 0 Å². The lowest BCUT2D eigenvalue weighted by Gasteiger charge is -2.75. The van der Waals surface area contributed by atoms with Gasteiger partial charge in [0, 0.05) is 12.3 Å². The zero-order chi connectivity index (χ0) is 15.5. The molecule has 0 unspecified atom stereocenters. The monoisotopic (exact) mass is 298 g/mol. The predicted molar refractivity (Wildman–Crippen MR) is 70.2 cm³/mol. The van der Waals surface area contributed by atoms with Crippen LogP contribution >= 0.6 is 0 Å². The van der Waals surface area contributed by atoms with E-state index in [1.54, 1.807) is 6.92 Å². The molecule has 4 rings (SSSR count). The molecule has 2 heterocycles. The van der Waals surface area contributed by atoms with Crippen molar-refractivity contribution < 1.29 is 29.6 Å². The molecule has 118 valence electrons. The Morgan fingerprint density at radius 3 is 2.52 bits per heavy atom. The Morgan fingerprint density at radius 1 is 1.29 bits per heavy atom. The SMILES string of the molecule is C[C@H]1C[C@H](O)[C@@]23OC[C@]2(C)[C@](C)(O)[C@@]2(O)CC(=O)O[C@]13C2. The highest BCUT2D eigenvalue weighted by Crippen LogP contribution is 2.73. The summed E-state index contributed by atoms with van der Waals surface area (Å²) in [4.78, 5) is 12.1. The van der Waals surface area contributed by atoms with E-state index in [1.807, 2.05) is 13.8 Å². The summed E-state index contributed by atoms with van der Waals surface area (Å²) in [5, 5.41) is 32.8. The molecule has 2 saturated heterocycles. The Morgan fingerprint density at radius 2 is 1.95 bits per heavy atom. The zero-order valence-electron chi connectivity index (χ0n) is 12.5. The number of rotatable bonds is 0. The first-order chi connectivity index (χ1) is 9.56. The Bertz CT molecular complexity index is 546. The summed E-state index contributed by atoms with van der Waals surface area (Å²) in [6, 6.07) is 0. The van der Waals surface area contributed by atoms with Gasteiger partial charge in [-0.15, -0.1) is 0 Å². The molecule has 2 aliphatic heterocycles. The fourth-order valence-corrected chi connectivity index (χ4v) is 5.69. The van der Waals surface area contributed by atoms with Crippen molar-refractivity contribution >= 4 is 5.97 Å². The smallest absolute Gasteiger partial charge is 0.309 e. The summed E-state index contributed by atoms with van der Waals surface area (Å²) in [6.07, 6.45) is -0.522. The van der Waals surface area contributed by atoms with E-state index < -0.39 is 39.9 Å². The molecule has 3 N–H and O–H groups in total. The normalized spacial score (nSPS) is 65.1. The predicted octanol–water partition coefficient (Wildman–Crippen LogP) is -0.266. The van der Waals surface area contributed by atoms with E-state index >= 15 is 0 Å². The molecule has 6 heteroatoms. The van der Waals surface area contributed by atoms with E-state index in [4.69, 9.17) is 9.47 Å². The van der Waals surface area contributed by atoms with E-state index in [1.165, 1.54) is 0 Å². The first-order valence-electron chi connectivity index (χ1n) is 7.55. The molecule has 7 atom stereocenters. The van der Waals surface area contributed by atoms with Crippen LogP contribution in [0.3, 0.4) is 0 Å². The second-order valence-corrected chi connectivity index (χ2v) is 7.83. The molecular formula is C15H22O6. The molecule has 6 nitrogen and oxygen atoms in total. The van der Waals surface area contributed by atoms with Crippen molar-refractivity contribution in [2.45, 2.75) is 68.5 Å². The molecule has 0 amide bonds. The van der Waals surface area contributed by atoms with E-state index in [0.717, 1.165) is 0 Å². The van der Waals surface area contributed by atoms with Crippen molar-refractivity contribution in [1.82, 2.24) is 0 Å². The third-order valence-electron chi connectivity index (χ3n) is 7.15. The highest BCUT2D eigenvalue weighted by Gasteiger charge is 2.89. The summed E-state index contributed by atoms with van der Waals surface area (Å²) in [5.41, 5.74) is -6.15. The van der Waals surface area contributed by atoms with Gasteiger partial charge in [0.25, 0.3) is 0 Å². The number of aliphatic hydroxyl groups excluding tert-OH is 1. The van der Waals surface area contributed by atoms with E-state index in [0.29, 0.717) is 6.42 Å². The van der Waals surface area contributed by atoms with Crippen molar-refractivity contribution in [2.24, 2.45) is 11.3 Å². The summed E-state index contributed by atoms with van der Waals surface area (Å²) in [7, 11) is 0. The lowest BCUT2D eigenvalue weighted by Crippen LogP contribution is -2.91. The molecule has 2 bridgehead atoms. The maximum absolute atomic E-state index is 12.1. The molecule has 2 saturated carbocycles. The highest BCUT2D eigenvalue weighted by atomic mass is 16.6. The minimum absolute atomic E-state index is 0.104. The Kier molecular flexibility index (Phi) is 2.19. The quantitative estimate of drug-likeness (QED) is 0.533. The number of carbonyl (C=O) groups is 1. The van der Waals surface area contributed by atoms with Crippen LogP contribution in [0.2, 0.25) is 0 Å². The number of hydrogen-bond donors (Lipinski definition) is 3. The molecule has 0 radical (unpaired) electrons. The maximum atomic E-state index is 12.1. The number of aliphatic hydroxyl groups is 3. The first-order valence-corrected chi connectivity index (χ1v) is 7.55. The second-order valence-electron chi connectivity index (χ2n) is 7.83. The average molecular weight is 298 g/mol. The van der Waals surface area contributed by atoms with Gasteiger partial charge in [-0.3, -0.25) is 4.79 Å². The third-order valence-corrected chi connectivity index (χ3v) is 7.15. The number of esters is 1. The molecule has 4 aliphatic rings. The van der Waals surface area contributed by atoms with Gasteiger partial charge in [0.05, 0.1) is 24.5 Å². The molecular weight excluding hydrogens is 276 g/mol. The van der Waals surface area contributed by atoms with Gasteiger partial charge in [-0.05, 0) is 13.3 Å². The summed E-state index contributed by atoms with van der Waals surface area (Å²) < 4.78 is 11.5. The van der Waals surface area contributed by atoms with Crippen LogP contribution in [0.15, 0.2) is 0 Å². The van der Waals surface area contributed by atoms with Crippen molar-refractivity contribution in [3.8, 4) is 0 Å². The largest absolute Gasteiger partial charge is 0.455 e. The van der Waals surface area contributed by atoms with Gasteiger partial charge in [-0.1, -0.05) is 13.8 Å². The van der Waals surface area contributed by atoms with Crippen molar-refractivity contribution in [3.05, 3.63) is 0 Å². The maximum Gasteiger partial charge on any atom is 0.309 e. The average Bonchev–Trinajstić information content (AvgIpc) is 2.54. The lowest BCUT2D eigenvalue weighted by atomic mass is 9.42. The molecule has 0 aromatic heterocycles. The Labute approximate surface area is 123 Å². The number of fused-ring (bicyclic) bond motifs is 1. The van der Waals surface area contributed by atoms with Crippen molar-refractivity contribution in [2.75, 3.05) is 6.61 Å². The second kappa shape index (κ2) is 3.30. The van der Waals surface area contributed by atoms with Crippen LogP contribution < -0.4 is 0 Å². The standard InChI is InChI=1S/C15H22O6/c1-8-4-9(16)15-11(2,7-20-15)12(3,18)13(19)5-10(17)21-14(8,15)6-13/h8-9,16,18-19H,4-7H2,1-3H3/t8-,9-,11+,12-,13+,14+,15+/m0/s1. The molecule has 0 aromatic carbocycles. The summed E-state index contributed by atoms with van der Waals surface area (Å²) >= 11 is 0. The van der Waals surface area contributed by atoms with Gasteiger partial charge in [-0.25, -0.2) is 0 Å². The molecule has 2 spiro atoms. The molecule has 0 aromatic rings. The number of ether oxygens (including phenoxy) is 2. The van der Waals surface area contributed by atoms with Gasteiger partial charge in [-0.2, -0.15) is 0 Å². The van der Waals surface area contributed by atoms with E-state index in [9.17, 15) is 20.1 Å². The first kappa shape index (κ1) is 13.9. The van der Waals surface area contributed by atoms with Gasteiger partial charge in [0.1, 0.15) is 22.4 Å². The van der Waals surface area contributed by atoms with E-state index in [-0.39, 0.29) is 25.4 Å². The lowest BCUT2D eigenvalue weighted by molar-refractivity contribution is -0.447. The third kappa shape index (κ3) is 1.05. The molecule has 21 heavy (non-hydrogen) atoms. The molecule has 2 aliphatic carbocycles. The summed E-state index contributed by atoms with van der Waals surface area (Å²) in [5.74, 6) is -0.680. The topological polar surface area (TPSA) is 96.2 Å². The van der Waals surface area contributed by atoms with Gasteiger partial charge in [0.2, 0.25) is 0 Å². The van der Waals surface area contributed by atoms with Gasteiger partial charge < -0.3 is 24.8 Å². The number of hydrogen-bond acceptors (Lipinski definition) is 6. The fourth-order valence-electron chi connectivity index (χ4n) is 5.69. The van der Waals surface area contributed by atoms with Crippen LogP contribution in [0.1, 0.15) is 40.0 Å². The van der Waals surface area contributed by atoms with Crippen LogP contribution in [-0.2, 0) is 14.3 Å². The van der Waals surface area contributed by atoms with Gasteiger partial charge in [0.15, 0.2) is 0 Å². The van der Waals surface area contributed by atoms with Gasteiger partial charge >= 0.3 is 5.97 Å². The van der Waals surface area contributed by atoms with Crippen LogP contribution in [0, 0.1) is 11.3 Å². The highest BCUT2D eigenvalue weighted by molar-refractivity contribution is 5.74. The minimum atomic E-state index is -1.55. The zero-order valence-corrected chi connectivity index (χ0v) is 12.5. The Balaban J connectivity index is 2.01. The van der Waals surface area contributed by atoms with Crippen molar-refractivity contribution in [3.63, 3.8) is 0 Å². The molecule has 4 fully saturated rings.